The summed E-state index contributed by atoms with van der Waals surface area (Å²) < 4.78 is 47.7. The summed E-state index contributed by atoms with van der Waals surface area (Å²) in [4.78, 5) is 34.1. The van der Waals surface area contributed by atoms with Crippen molar-refractivity contribution >= 4 is 33.3 Å². The van der Waals surface area contributed by atoms with Gasteiger partial charge in [-0.05, 0) is 55.5 Å². The molecule has 2 aromatic rings. The minimum Gasteiger partial charge on any atom is -0.350 e. The van der Waals surface area contributed by atoms with E-state index in [9.17, 15) is 22.4 Å². The Labute approximate surface area is 237 Å². The fraction of sp³-hybridized carbons (Fsp3) is 0.556. The molecule has 1 aliphatic carbocycles. The molecule has 0 radical (unpaired) electrons. The van der Waals surface area contributed by atoms with E-state index in [1.165, 1.54) is 23.1 Å². The first kappa shape index (κ1) is 28.9. The fourth-order valence-corrected chi connectivity index (χ4v) is 8.32. The summed E-state index contributed by atoms with van der Waals surface area (Å²) in [7, 11) is -4.10. The Hall–Kier alpha value is -2.58. The van der Waals surface area contributed by atoms with Gasteiger partial charge in [0.1, 0.15) is 16.1 Å². The van der Waals surface area contributed by atoms with Crippen molar-refractivity contribution in [3.63, 3.8) is 0 Å². The van der Waals surface area contributed by atoms with Gasteiger partial charge in [-0.15, -0.1) is 11.3 Å². The number of amides is 3. The van der Waals surface area contributed by atoms with Gasteiger partial charge in [0.15, 0.2) is 6.29 Å². The van der Waals surface area contributed by atoms with Crippen molar-refractivity contribution in [1.29, 1.82) is 0 Å². The van der Waals surface area contributed by atoms with E-state index in [2.05, 4.69) is 10.8 Å². The van der Waals surface area contributed by atoms with Crippen molar-refractivity contribution in [2.24, 2.45) is 0 Å². The molecule has 0 spiro atoms. The number of nitrogens with one attached hydrogen (secondary N) is 2. The van der Waals surface area contributed by atoms with Gasteiger partial charge in [-0.2, -0.15) is 4.31 Å². The molecular formula is C27H35FN4O6S2. The van der Waals surface area contributed by atoms with Gasteiger partial charge < -0.3 is 15.0 Å². The maximum absolute atomic E-state index is 13.8. The zero-order chi connectivity index (χ0) is 28.1. The van der Waals surface area contributed by atoms with Crippen LogP contribution in [-0.4, -0.2) is 74.2 Å². The Morgan fingerprint density at radius 2 is 1.73 bits per heavy atom. The molecule has 2 unspecified atom stereocenters. The zero-order valence-corrected chi connectivity index (χ0v) is 23.9. The third kappa shape index (κ3) is 6.82. The summed E-state index contributed by atoms with van der Waals surface area (Å²) in [5, 5.41) is 3.05. The second-order valence-corrected chi connectivity index (χ2v) is 13.6. The molecule has 40 heavy (non-hydrogen) atoms. The van der Waals surface area contributed by atoms with Crippen molar-refractivity contribution < 1.29 is 32.0 Å². The number of hydrogen-bond donors (Lipinski definition) is 2. The van der Waals surface area contributed by atoms with E-state index in [1.807, 2.05) is 0 Å². The highest BCUT2D eigenvalue weighted by Gasteiger charge is 2.42. The van der Waals surface area contributed by atoms with Gasteiger partial charge in [-0.1, -0.05) is 31.4 Å². The van der Waals surface area contributed by atoms with Gasteiger partial charge in [0, 0.05) is 43.6 Å². The molecule has 1 aromatic carbocycles. The maximum Gasteiger partial charge on any atom is 0.317 e. The van der Waals surface area contributed by atoms with Crippen molar-refractivity contribution in [2.45, 2.75) is 73.9 Å². The zero-order valence-electron chi connectivity index (χ0n) is 22.2. The first-order valence-corrected chi connectivity index (χ1v) is 16.1. The summed E-state index contributed by atoms with van der Waals surface area (Å²) in [5.74, 6) is -1.04. The number of carbonyl (C=O) groups excluding carboxylic acids is 2. The predicted octanol–water partition coefficient (Wildman–Crippen LogP) is 3.85. The van der Waals surface area contributed by atoms with Crippen LogP contribution in [0, 0.1) is 5.82 Å². The number of halogens is 1. The number of thiophene rings is 1. The number of hydrogen-bond acceptors (Lipinski definition) is 7. The molecule has 3 aliphatic rings. The monoisotopic (exact) mass is 594 g/mol. The molecule has 13 heteroatoms. The summed E-state index contributed by atoms with van der Waals surface area (Å²) in [6.07, 6.45) is 6.91. The number of carbonyl (C=O) groups is 2. The van der Waals surface area contributed by atoms with E-state index in [0.29, 0.717) is 23.5 Å². The van der Waals surface area contributed by atoms with E-state index in [4.69, 9.17) is 9.57 Å². The average molecular weight is 595 g/mol. The molecule has 3 heterocycles. The number of piperazine rings is 1. The van der Waals surface area contributed by atoms with Crippen LogP contribution in [0.5, 0.6) is 0 Å². The summed E-state index contributed by atoms with van der Waals surface area (Å²) >= 11 is 1.04. The number of rotatable bonds is 7. The third-order valence-electron chi connectivity index (χ3n) is 7.56. The molecule has 3 amide bonds. The van der Waals surface area contributed by atoms with Gasteiger partial charge in [-0.3, -0.25) is 4.79 Å². The van der Waals surface area contributed by atoms with Crippen LogP contribution in [-0.2, 0) is 24.4 Å². The average Bonchev–Trinajstić information content (AvgIpc) is 3.48. The minimum atomic E-state index is -4.10. The smallest absolute Gasteiger partial charge is 0.317 e. The first-order valence-electron chi connectivity index (χ1n) is 13.8. The Morgan fingerprint density at radius 1 is 0.975 bits per heavy atom. The molecule has 2 atom stereocenters. The van der Waals surface area contributed by atoms with Crippen LogP contribution in [0.3, 0.4) is 0 Å². The van der Waals surface area contributed by atoms with E-state index in [-0.39, 0.29) is 41.7 Å². The molecule has 2 N–H and O–H groups in total. The van der Waals surface area contributed by atoms with Crippen LogP contribution in [0.25, 0.3) is 10.4 Å². The van der Waals surface area contributed by atoms with Crippen molar-refractivity contribution in [3.05, 3.63) is 42.2 Å². The number of hydroxylamine groups is 1. The van der Waals surface area contributed by atoms with Crippen LogP contribution in [0.2, 0.25) is 0 Å². The molecule has 10 nitrogen and oxygen atoms in total. The highest BCUT2D eigenvalue weighted by Crippen LogP contribution is 2.34. The quantitative estimate of drug-likeness (QED) is 0.471. The minimum absolute atomic E-state index is 0.0534. The van der Waals surface area contributed by atoms with Gasteiger partial charge in [-0.25, -0.2) is 27.9 Å². The molecule has 218 valence electrons. The summed E-state index contributed by atoms with van der Waals surface area (Å²) in [6.45, 7) is 0.496. The normalized spacial score (nSPS) is 23.1. The van der Waals surface area contributed by atoms with E-state index in [0.717, 1.165) is 60.6 Å². The molecule has 2 saturated heterocycles. The molecule has 0 bridgehead atoms. The summed E-state index contributed by atoms with van der Waals surface area (Å²) in [6, 6.07) is 7.54. The number of nitrogens with zero attached hydrogens (tertiary/aromatic N) is 2. The van der Waals surface area contributed by atoms with E-state index in [1.54, 1.807) is 18.2 Å². The van der Waals surface area contributed by atoms with Gasteiger partial charge in [0.2, 0.25) is 0 Å². The van der Waals surface area contributed by atoms with Crippen molar-refractivity contribution in [2.75, 3.05) is 26.2 Å². The van der Waals surface area contributed by atoms with Crippen molar-refractivity contribution in [1.82, 2.24) is 20.0 Å². The number of ether oxygens (including phenoxy) is 1. The number of benzene rings is 1. The lowest BCUT2D eigenvalue weighted by atomic mass is 9.96. The highest BCUT2D eigenvalue weighted by molar-refractivity contribution is 7.91. The first-order chi connectivity index (χ1) is 19.3. The number of urea groups is 1. The molecular weight excluding hydrogens is 559 g/mol. The molecule has 3 fully saturated rings. The van der Waals surface area contributed by atoms with Gasteiger partial charge in [0.05, 0.1) is 0 Å². The maximum atomic E-state index is 13.8. The van der Waals surface area contributed by atoms with Crippen molar-refractivity contribution in [3.8, 4) is 10.4 Å². The predicted molar refractivity (Wildman–Crippen MR) is 147 cm³/mol. The Morgan fingerprint density at radius 3 is 2.45 bits per heavy atom. The molecule has 5 rings (SSSR count). The van der Waals surface area contributed by atoms with Crippen LogP contribution >= 0.6 is 11.3 Å². The molecule has 1 aromatic heterocycles. The Bertz CT molecular complexity index is 1280. The van der Waals surface area contributed by atoms with Gasteiger partial charge in [0.25, 0.3) is 15.9 Å². The van der Waals surface area contributed by atoms with Crippen LogP contribution in [0.15, 0.2) is 40.6 Å². The summed E-state index contributed by atoms with van der Waals surface area (Å²) in [5.41, 5.74) is 3.08. The highest BCUT2D eigenvalue weighted by atomic mass is 32.2. The lowest BCUT2D eigenvalue weighted by Gasteiger charge is -2.40. The topological polar surface area (TPSA) is 117 Å². The van der Waals surface area contributed by atoms with Crippen LogP contribution in [0.4, 0.5) is 9.18 Å². The lowest BCUT2D eigenvalue weighted by molar-refractivity contribution is -0.202. The second-order valence-electron chi connectivity index (χ2n) is 10.4. The van der Waals surface area contributed by atoms with Crippen LogP contribution in [0.1, 0.15) is 51.4 Å². The second kappa shape index (κ2) is 12.9. The van der Waals surface area contributed by atoms with E-state index < -0.39 is 28.3 Å². The molecule has 2 aliphatic heterocycles. The largest absolute Gasteiger partial charge is 0.350 e. The SMILES string of the molecule is O=C(NOC1CCCCO1)C1CN(C(=O)NC2CCCCC2)CCN1S(=O)(=O)c1ccc(-c2ccc(F)cc2)s1. The number of sulfonamides is 1. The fourth-order valence-electron chi connectivity index (χ4n) is 5.30. The Kier molecular flexibility index (Phi) is 9.36. The lowest BCUT2D eigenvalue weighted by Crippen LogP contribution is -2.63. The Balaban J connectivity index is 1.33. The van der Waals surface area contributed by atoms with Gasteiger partial charge >= 0.3 is 6.03 Å². The van der Waals surface area contributed by atoms with E-state index >= 15 is 0 Å². The molecule has 1 saturated carbocycles. The third-order valence-corrected chi connectivity index (χ3v) is 11.1. The van der Waals surface area contributed by atoms with Crippen LogP contribution < -0.4 is 10.8 Å². The standard InChI is InChI=1S/C27H35FN4O6S2/c28-20-11-9-19(10-12-20)23-13-14-25(39-23)40(35,36)32-16-15-31(27(34)29-21-6-2-1-3-7-21)18-22(32)26(33)30-38-24-8-4-5-17-37-24/h9-14,21-22,24H,1-8,15-18H2,(H,29,34)(H,30,33).